The summed E-state index contributed by atoms with van der Waals surface area (Å²) in [5, 5.41) is 1.07. The Kier molecular flexibility index (Phi) is 3.05. The van der Waals surface area contributed by atoms with Gasteiger partial charge in [0.2, 0.25) is 0 Å². The summed E-state index contributed by atoms with van der Waals surface area (Å²) in [6.07, 6.45) is 0.0621. The van der Waals surface area contributed by atoms with Crippen LogP contribution in [-0.4, -0.2) is 40.6 Å². The van der Waals surface area contributed by atoms with Gasteiger partial charge in [0, 0.05) is 24.0 Å². The molecule has 3 rings (SSSR count). The van der Waals surface area contributed by atoms with Gasteiger partial charge in [0.15, 0.2) is 0 Å². The number of ether oxygens (including phenoxy) is 1. The van der Waals surface area contributed by atoms with E-state index in [9.17, 15) is 4.79 Å². The summed E-state index contributed by atoms with van der Waals surface area (Å²) in [5.41, 5.74) is 1.35. The van der Waals surface area contributed by atoms with Gasteiger partial charge in [-0.1, -0.05) is 18.2 Å². The molecule has 4 nitrogen and oxygen atoms in total. The molecule has 1 unspecified atom stereocenters. The highest BCUT2D eigenvalue weighted by atomic mass is 16.5. The maximum atomic E-state index is 12.6. The Balaban J connectivity index is 1.88. The van der Waals surface area contributed by atoms with E-state index < -0.39 is 0 Å². The van der Waals surface area contributed by atoms with Gasteiger partial charge in [-0.2, -0.15) is 0 Å². The minimum Gasteiger partial charge on any atom is -0.369 e. The molecule has 1 atom stereocenters. The van der Waals surface area contributed by atoms with Gasteiger partial charge in [-0.15, -0.1) is 0 Å². The quantitative estimate of drug-likeness (QED) is 0.867. The van der Waals surface area contributed by atoms with Crippen LogP contribution in [0.4, 0.5) is 0 Å². The van der Waals surface area contributed by atoms with E-state index in [-0.39, 0.29) is 17.6 Å². The zero-order valence-electron chi connectivity index (χ0n) is 12.1. The van der Waals surface area contributed by atoms with Crippen molar-refractivity contribution in [3.8, 4) is 0 Å². The number of hydrogen-bond acceptors (Lipinski definition) is 2. The number of aromatic amines is 1. The predicted octanol–water partition coefficient (Wildman–Crippen LogP) is 2.81. The summed E-state index contributed by atoms with van der Waals surface area (Å²) >= 11 is 0. The molecule has 0 spiro atoms. The minimum atomic E-state index is -0.292. The molecule has 0 saturated carbocycles. The second-order valence-corrected chi connectivity index (χ2v) is 6.14. The number of amides is 1. The summed E-state index contributed by atoms with van der Waals surface area (Å²) < 4.78 is 5.84. The molecular formula is C16H20N2O2. The van der Waals surface area contributed by atoms with Gasteiger partial charge in [0.05, 0.1) is 11.7 Å². The summed E-state index contributed by atoms with van der Waals surface area (Å²) in [6.45, 7) is 7.30. The van der Waals surface area contributed by atoms with Crippen molar-refractivity contribution in [1.29, 1.82) is 0 Å². The fourth-order valence-corrected chi connectivity index (χ4v) is 2.97. The normalized spacial score (nSPS) is 22.1. The molecule has 4 heteroatoms. The smallest absolute Gasteiger partial charge is 0.270 e. The van der Waals surface area contributed by atoms with E-state index in [1.54, 1.807) is 0 Å². The van der Waals surface area contributed by atoms with E-state index >= 15 is 0 Å². The number of para-hydroxylation sites is 1. The number of fused-ring (bicyclic) bond motifs is 1. The number of rotatable bonds is 1. The highest BCUT2D eigenvalue weighted by Crippen LogP contribution is 2.23. The van der Waals surface area contributed by atoms with Crippen LogP contribution in [0.2, 0.25) is 0 Å². The predicted molar refractivity (Wildman–Crippen MR) is 78.8 cm³/mol. The average molecular weight is 272 g/mol. The van der Waals surface area contributed by atoms with Crippen molar-refractivity contribution >= 4 is 16.8 Å². The minimum absolute atomic E-state index is 0.0458. The number of hydrogen-bond donors (Lipinski definition) is 1. The molecule has 0 aliphatic carbocycles. The number of H-pyrrole nitrogens is 1. The molecule has 1 N–H and O–H groups in total. The molecule has 2 heterocycles. The molecule has 106 valence electrons. The van der Waals surface area contributed by atoms with Crippen molar-refractivity contribution in [1.82, 2.24) is 9.88 Å². The summed E-state index contributed by atoms with van der Waals surface area (Å²) in [4.78, 5) is 17.7. The Morgan fingerprint density at radius 2 is 2.15 bits per heavy atom. The van der Waals surface area contributed by atoms with E-state index in [1.165, 1.54) is 0 Å². The molecule has 0 radical (unpaired) electrons. The Morgan fingerprint density at radius 3 is 2.85 bits per heavy atom. The second kappa shape index (κ2) is 4.63. The standard InChI is InChI=1S/C16H20N2O2/c1-11-9-18(10-16(2,3)20-11)15(19)14-8-12-6-4-5-7-13(12)17-14/h4-8,11,17H,9-10H2,1-3H3. The lowest BCUT2D eigenvalue weighted by molar-refractivity contribution is -0.118. The molecule has 1 fully saturated rings. The zero-order valence-corrected chi connectivity index (χ0v) is 12.1. The van der Waals surface area contributed by atoms with E-state index in [0.717, 1.165) is 10.9 Å². The van der Waals surface area contributed by atoms with Crippen LogP contribution in [-0.2, 0) is 4.74 Å². The Hall–Kier alpha value is -1.81. The van der Waals surface area contributed by atoms with Gasteiger partial charge in [-0.3, -0.25) is 4.79 Å². The largest absolute Gasteiger partial charge is 0.369 e. The van der Waals surface area contributed by atoms with Crippen LogP contribution in [0, 0.1) is 0 Å². The summed E-state index contributed by atoms with van der Waals surface area (Å²) in [6, 6.07) is 9.86. The first-order valence-electron chi connectivity index (χ1n) is 6.99. The highest BCUT2D eigenvalue weighted by Gasteiger charge is 2.34. The van der Waals surface area contributed by atoms with Crippen LogP contribution in [0.25, 0.3) is 10.9 Å². The van der Waals surface area contributed by atoms with Crippen molar-refractivity contribution in [2.24, 2.45) is 0 Å². The number of nitrogens with zero attached hydrogens (tertiary/aromatic N) is 1. The molecule has 1 aliphatic rings. The fourth-order valence-electron chi connectivity index (χ4n) is 2.97. The third-order valence-electron chi connectivity index (χ3n) is 3.62. The molecule has 1 aliphatic heterocycles. The monoisotopic (exact) mass is 272 g/mol. The SMILES string of the molecule is CC1CN(C(=O)c2cc3ccccc3[nH]2)CC(C)(C)O1. The topological polar surface area (TPSA) is 45.3 Å². The number of carbonyl (C=O) groups excluding carboxylic acids is 1. The van der Waals surface area contributed by atoms with Gasteiger partial charge in [-0.25, -0.2) is 0 Å². The van der Waals surface area contributed by atoms with E-state index in [2.05, 4.69) is 4.98 Å². The highest BCUT2D eigenvalue weighted by molar-refractivity contribution is 5.98. The van der Waals surface area contributed by atoms with E-state index in [0.29, 0.717) is 18.8 Å². The van der Waals surface area contributed by atoms with Gasteiger partial charge >= 0.3 is 0 Å². The Labute approximate surface area is 118 Å². The summed E-state index contributed by atoms with van der Waals surface area (Å²) in [5.74, 6) is 0.0458. The number of aromatic nitrogens is 1. The lowest BCUT2D eigenvalue weighted by Gasteiger charge is -2.41. The lowest BCUT2D eigenvalue weighted by atomic mass is 10.1. The first-order chi connectivity index (χ1) is 9.44. The van der Waals surface area contributed by atoms with Crippen molar-refractivity contribution in [3.05, 3.63) is 36.0 Å². The number of morpholine rings is 1. The second-order valence-electron chi connectivity index (χ2n) is 6.14. The fraction of sp³-hybridized carbons (Fsp3) is 0.438. The Morgan fingerprint density at radius 1 is 1.40 bits per heavy atom. The van der Waals surface area contributed by atoms with Crippen LogP contribution >= 0.6 is 0 Å². The van der Waals surface area contributed by atoms with Crippen LogP contribution in [0.5, 0.6) is 0 Å². The van der Waals surface area contributed by atoms with Gasteiger partial charge in [-0.05, 0) is 32.9 Å². The van der Waals surface area contributed by atoms with Gasteiger partial charge in [0.25, 0.3) is 5.91 Å². The van der Waals surface area contributed by atoms with E-state index in [4.69, 9.17) is 4.74 Å². The number of benzene rings is 1. The lowest BCUT2D eigenvalue weighted by Crippen LogP contribution is -2.53. The van der Waals surface area contributed by atoms with Crippen LogP contribution in [0.15, 0.2) is 30.3 Å². The number of carbonyl (C=O) groups is 1. The van der Waals surface area contributed by atoms with Crippen LogP contribution in [0.3, 0.4) is 0 Å². The van der Waals surface area contributed by atoms with Gasteiger partial charge in [0.1, 0.15) is 5.69 Å². The molecule has 1 aromatic heterocycles. The molecule has 1 amide bonds. The molecule has 1 aromatic carbocycles. The van der Waals surface area contributed by atoms with Crippen molar-refractivity contribution in [3.63, 3.8) is 0 Å². The molecule has 1 saturated heterocycles. The van der Waals surface area contributed by atoms with E-state index in [1.807, 2.05) is 56.0 Å². The van der Waals surface area contributed by atoms with Crippen LogP contribution in [0.1, 0.15) is 31.3 Å². The molecule has 20 heavy (non-hydrogen) atoms. The van der Waals surface area contributed by atoms with Gasteiger partial charge < -0.3 is 14.6 Å². The zero-order chi connectivity index (χ0) is 14.3. The number of nitrogens with one attached hydrogen (secondary N) is 1. The molecule has 2 aromatic rings. The average Bonchev–Trinajstić information content (AvgIpc) is 2.79. The molecular weight excluding hydrogens is 252 g/mol. The van der Waals surface area contributed by atoms with Crippen molar-refractivity contribution in [2.45, 2.75) is 32.5 Å². The Bertz CT molecular complexity index is 612. The van der Waals surface area contributed by atoms with Crippen molar-refractivity contribution < 1.29 is 9.53 Å². The first-order valence-corrected chi connectivity index (χ1v) is 6.99. The maximum absolute atomic E-state index is 12.6. The molecule has 0 bridgehead atoms. The third kappa shape index (κ3) is 2.43. The maximum Gasteiger partial charge on any atom is 0.270 e. The first kappa shape index (κ1) is 13.2. The van der Waals surface area contributed by atoms with Crippen molar-refractivity contribution in [2.75, 3.05) is 13.1 Å². The van der Waals surface area contributed by atoms with Crippen LogP contribution < -0.4 is 0 Å². The third-order valence-corrected chi connectivity index (χ3v) is 3.62. The summed E-state index contributed by atoms with van der Waals surface area (Å²) in [7, 11) is 0.